The van der Waals surface area contributed by atoms with E-state index in [9.17, 15) is 14.4 Å². The van der Waals surface area contributed by atoms with Gasteiger partial charge < -0.3 is 21.3 Å². The van der Waals surface area contributed by atoms with Crippen LogP contribution in [0.3, 0.4) is 0 Å². The molecular formula is C21H25ClN4O3. The Bertz CT molecular complexity index is 886. The molecule has 3 amide bonds. The summed E-state index contributed by atoms with van der Waals surface area (Å²) in [5, 5.41) is 11.6. The maximum Gasteiger partial charge on any atom is 0.251 e. The lowest BCUT2D eigenvalue weighted by Gasteiger charge is -2.12. The van der Waals surface area contributed by atoms with Crippen molar-refractivity contribution in [1.29, 1.82) is 0 Å². The molecule has 154 valence electrons. The van der Waals surface area contributed by atoms with Crippen LogP contribution in [0.4, 0.5) is 17.1 Å². The molecule has 2 aromatic rings. The molecule has 4 N–H and O–H groups in total. The van der Waals surface area contributed by atoms with Crippen LogP contribution in [0.1, 0.15) is 37.0 Å². The minimum Gasteiger partial charge on any atom is -0.375 e. The van der Waals surface area contributed by atoms with Gasteiger partial charge in [-0.2, -0.15) is 0 Å². The lowest BCUT2D eigenvalue weighted by Crippen LogP contribution is -2.24. The van der Waals surface area contributed by atoms with Gasteiger partial charge in [-0.05, 0) is 49.7 Å². The summed E-state index contributed by atoms with van der Waals surface area (Å²) in [4.78, 5) is 35.9. The van der Waals surface area contributed by atoms with E-state index in [1.165, 1.54) is 0 Å². The van der Waals surface area contributed by atoms with Crippen LogP contribution in [0.2, 0.25) is 5.02 Å². The van der Waals surface area contributed by atoms with Gasteiger partial charge in [0.25, 0.3) is 5.91 Å². The average Bonchev–Trinajstić information content (AvgIpc) is 2.69. The summed E-state index contributed by atoms with van der Waals surface area (Å²) >= 11 is 6.17. The van der Waals surface area contributed by atoms with E-state index in [2.05, 4.69) is 21.3 Å². The monoisotopic (exact) mass is 416 g/mol. The number of hydrogen-bond donors (Lipinski definition) is 4. The summed E-state index contributed by atoms with van der Waals surface area (Å²) in [5.41, 5.74) is 2.13. The van der Waals surface area contributed by atoms with Crippen LogP contribution in [0.5, 0.6) is 0 Å². The second-order valence-electron chi connectivity index (χ2n) is 6.33. The lowest BCUT2D eigenvalue weighted by molar-refractivity contribution is -0.116. The third kappa shape index (κ3) is 7.12. The first-order chi connectivity index (χ1) is 13.9. The van der Waals surface area contributed by atoms with Gasteiger partial charge in [0.2, 0.25) is 11.8 Å². The molecule has 0 aromatic heterocycles. The molecule has 0 radical (unpaired) electrons. The molecule has 2 rings (SSSR count). The van der Waals surface area contributed by atoms with Crippen LogP contribution in [0.25, 0.3) is 0 Å². The van der Waals surface area contributed by atoms with E-state index >= 15 is 0 Å². The second kappa shape index (κ2) is 11.1. The first-order valence-electron chi connectivity index (χ1n) is 9.44. The predicted octanol–water partition coefficient (Wildman–Crippen LogP) is 3.88. The Labute approximate surface area is 175 Å². The van der Waals surface area contributed by atoms with Gasteiger partial charge >= 0.3 is 0 Å². The van der Waals surface area contributed by atoms with Crippen molar-refractivity contribution in [2.45, 2.75) is 26.7 Å². The predicted molar refractivity (Wildman–Crippen MR) is 117 cm³/mol. The highest BCUT2D eigenvalue weighted by Crippen LogP contribution is 2.25. The Morgan fingerprint density at radius 3 is 2.38 bits per heavy atom. The van der Waals surface area contributed by atoms with E-state index in [0.717, 1.165) is 6.42 Å². The van der Waals surface area contributed by atoms with Crippen molar-refractivity contribution in [3.05, 3.63) is 53.1 Å². The maximum atomic E-state index is 12.3. The highest BCUT2D eigenvalue weighted by atomic mass is 35.5. The third-order valence-electron chi connectivity index (χ3n) is 3.91. The summed E-state index contributed by atoms with van der Waals surface area (Å²) in [5.74, 6) is -0.574. The van der Waals surface area contributed by atoms with Gasteiger partial charge in [0, 0.05) is 29.9 Å². The zero-order valence-electron chi connectivity index (χ0n) is 16.5. The molecular weight excluding hydrogens is 392 g/mol. The van der Waals surface area contributed by atoms with E-state index < -0.39 is 0 Å². The summed E-state index contributed by atoms with van der Waals surface area (Å²) in [7, 11) is 0. The zero-order chi connectivity index (χ0) is 21.2. The Kier molecular flexibility index (Phi) is 8.48. The topological polar surface area (TPSA) is 99.3 Å². The maximum absolute atomic E-state index is 12.3. The Hall–Kier alpha value is -3.06. The normalized spacial score (nSPS) is 10.2. The number of carbonyl (C=O) groups is 3. The summed E-state index contributed by atoms with van der Waals surface area (Å²) < 4.78 is 0. The number of hydrogen-bond acceptors (Lipinski definition) is 4. The van der Waals surface area contributed by atoms with Gasteiger partial charge in [0.05, 0.1) is 17.3 Å². The molecule has 0 aliphatic carbocycles. The SMILES string of the molecule is CCCC(=O)Nc1ccc(Cl)c(NCC(=O)Nc2cccc(C(=O)NCC)c2)c1. The smallest absolute Gasteiger partial charge is 0.251 e. The van der Waals surface area contributed by atoms with Crippen molar-refractivity contribution in [3.63, 3.8) is 0 Å². The van der Waals surface area contributed by atoms with Crippen LogP contribution in [0.15, 0.2) is 42.5 Å². The largest absolute Gasteiger partial charge is 0.375 e. The van der Waals surface area contributed by atoms with Crippen molar-refractivity contribution in [2.24, 2.45) is 0 Å². The van der Waals surface area contributed by atoms with Crippen molar-refractivity contribution >= 4 is 46.4 Å². The van der Waals surface area contributed by atoms with Crippen molar-refractivity contribution in [3.8, 4) is 0 Å². The number of anilines is 3. The third-order valence-corrected chi connectivity index (χ3v) is 4.24. The highest BCUT2D eigenvalue weighted by molar-refractivity contribution is 6.33. The van der Waals surface area contributed by atoms with E-state index in [-0.39, 0.29) is 24.3 Å². The molecule has 0 fully saturated rings. The molecule has 0 bridgehead atoms. The molecule has 0 saturated heterocycles. The molecule has 8 heteroatoms. The second-order valence-corrected chi connectivity index (χ2v) is 6.74. The first kappa shape index (κ1) is 22.2. The minimum absolute atomic E-state index is 0.0303. The van der Waals surface area contributed by atoms with E-state index in [1.807, 2.05) is 13.8 Å². The number of carbonyl (C=O) groups excluding carboxylic acids is 3. The molecule has 0 atom stereocenters. The molecule has 29 heavy (non-hydrogen) atoms. The molecule has 0 saturated carbocycles. The molecule has 0 unspecified atom stereocenters. The molecule has 0 aliphatic heterocycles. The number of nitrogens with one attached hydrogen (secondary N) is 4. The minimum atomic E-state index is -0.297. The number of halogens is 1. The van der Waals surface area contributed by atoms with Crippen LogP contribution in [0, 0.1) is 0 Å². The van der Waals surface area contributed by atoms with Gasteiger partial charge in [-0.25, -0.2) is 0 Å². The number of benzene rings is 2. The van der Waals surface area contributed by atoms with Crippen LogP contribution < -0.4 is 21.3 Å². The van der Waals surface area contributed by atoms with Crippen LogP contribution >= 0.6 is 11.6 Å². The summed E-state index contributed by atoms with van der Waals surface area (Å²) in [6.07, 6.45) is 1.19. The van der Waals surface area contributed by atoms with Gasteiger partial charge in [-0.3, -0.25) is 14.4 Å². The molecule has 0 aliphatic rings. The van der Waals surface area contributed by atoms with Gasteiger partial charge in [0.1, 0.15) is 0 Å². The average molecular weight is 417 g/mol. The van der Waals surface area contributed by atoms with Crippen LogP contribution in [-0.4, -0.2) is 30.8 Å². The zero-order valence-corrected chi connectivity index (χ0v) is 17.2. The van der Waals surface area contributed by atoms with Crippen molar-refractivity contribution in [2.75, 3.05) is 29.0 Å². The molecule has 0 heterocycles. The van der Waals surface area contributed by atoms with Crippen molar-refractivity contribution < 1.29 is 14.4 Å². The number of amides is 3. The Morgan fingerprint density at radius 2 is 1.66 bits per heavy atom. The number of rotatable bonds is 9. The first-order valence-corrected chi connectivity index (χ1v) is 9.82. The highest BCUT2D eigenvalue weighted by Gasteiger charge is 2.09. The van der Waals surface area contributed by atoms with E-state index in [0.29, 0.717) is 40.6 Å². The lowest BCUT2D eigenvalue weighted by atomic mass is 10.2. The van der Waals surface area contributed by atoms with Gasteiger partial charge in [0.15, 0.2) is 0 Å². The van der Waals surface area contributed by atoms with E-state index in [4.69, 9.17) is 11.6 Å². The Morgan fingerprint density at radius 1 is 0.931 bits per heavy atom. The fourth-order valence-corrected chi connectivity index (χ4v) is 2.75. The molecule has 2 aromatic carbocycles. The molecule has 7 nitrogen and oxygen atoms in total. The van der Waals surface area contributed by atoms with E-state index in [1.54, 1.807) is 42.5 Å². The van der Waals surface area contributed by atoms with Gasteiger partial charge in [-0.1, -0.05) is 24.6 Å². The molecule has 0 spiro atoms. The van der Waals surface area contributed by atoms with Crippen molar-refractivity contribution in [1.82, 2.24) is 5.32 Å². The fraction of sp³-hybridized carbons (Fsp3) is 0.286. The quantitative estimate of drug-likeness (QED) is 0.498. The summed E-state index contributed by atoms with van der Waals surface area (Å²) in [6, 6.07) is 11.7. The Balaban J connectivity index is 1.96. The van der Waals surface area contributed by atoms with Crippen LogP contribution in [-0.2, 0) is 9.59 Å². The van der Waals surface area contributed by atoms with Gasteiger partial charge in [-0.15, -0.1) is 0 Å². The standard InChI is InChI=1S/C21H25ClN4O3/c1-3-6-19(27)25-16-9-10-17(22)18(12-16)24-13-20(28)26-15-8-5-7-14(11-15)21(29)23-4-2/h5,7-12,24H,3-4,6,13H2,1-2H3,(H,23,29)(H,25,27)(H,26,28). The fourth-order valence-electron chi connectivity index (χ4n) is 2.57. The summed E-state index contributed by atoms with van der Waals surface area (Å²) in [6.45, 7) is 4.26.